The first-order chi connectivity index (χ1) is 9.65. The lowest BCUT2D eigenvalue weighted by atomic mass is 10.0. The van der Waals surface area contributed by atoms with Gasteiger partial charge in [0.15, 0.2) is 0 Å². The number of carbonyl (C=O) groups excluding carboxylic acids is 1. The molecular weight excluding hydrogens is 266 g/mol. The number of rotatable bonds is 5. The van der Waals surface area contributed by atoms with Crippen molar-refractivity contribution in [3.63, 3.8) is 0 Å². The fourth-order valence-corrected chi connectivity index (χ4v) is 3.48. The summed E-state index contributed by atoms with van der Waals surface area (Å²) in [5.41, 5.74) is 0. The van der Waals surface area contributed by atoms with E-state index in [9.17, 15) is 4.79 Å². The van der Waals surface area contributed by atoms with Gasteiger partial charge in [0.25, 0.3) is 0 Å². The molecule has 2 nitrogen and oxygen atoms in total. The Kier molecular flexibility index (Phi) is 5.96. The third-order valence-corrected chi connectivity index (χ3v) is 5.25. The smallest absolute Gasteiger partial charge is 0.222 e. The van der Waals surface area contributed by atoms with E-state index in [-0.39, 0.29) is 0 Å². The lowest BCUT2D eigenvalue weighted by Crippen LogP contribution is -2.34. The van der Waals surface area contributed by atoms with E-state index in [2.05, 4.69) is 43.0 Å². The van der Waals surface area contributed by atoms with E-state index < -0.39 is 0 Å². The van der Waals surface area contributed by atoms with Gasteiger partial charge in [-0.15, -0.1) is 11.8 Å². The monoisotopic (exact) mass is 291 g/mol. The molecule has 2 rings (SSSR count). The van der Waals surface area contributed by atoms with Gasteiger partial charge in [0.1, 0.15) is 0 Å². The van der Waals surface area contributed by atoms with Gasteiger partial charge in [0.2, 0.25) is 5.91 Å². The fourth-order valence-electron chi connectivity index (χ4n) is 2.55. The third-order valence-electron chi connectivity index (χ3n) is 3.91. The Labute approximate surface area is 126 Å². The van der Waals surface area contributed by atoms with Gasteiger partial charge in [-0.2, -0.15) is 0 Å². The number of likely N-dealkylation sites (tertiary alicyclic amines) is 1. The highest BCUT2D eigenvalue weighted by atomic mass is 32.2. The van der Waals surface area contributed by atoms with Crippen LogP contribution in [-0.4, -0.2) is 29.6 Å². The second kappa shape index (κ2) is 7.72. The highest BCUT2D eigenvalue weighted by Gasteiger charge is 2.21. The van der Waals surface area contributed by atoms with Crippen molar-refractivity contribution in [2.24, 2.45) is 11.8 Å². The van der Waals surface area contributed by atoms with Crippen LogP contribution in [0, 0.1) is 11.8 Å². The van der Waals surface area contributed by atoms with Crippen LogP contribution in [0.5, 0.6) is 0 Å². The van der Waals surface area contributed by atoms with Gasteiger partial charge in [0.05, 0.1) is 0 Å². The summed E-state index contributed by atoms with van der Waals surface area (Å²) in [5.74, 6) is 2.66. The number of nitrogens with zero attached hydrogens (tertiary/aromatic N) is 1. The van der Waals surface area contributed by atoms with E-state index in [1.165, 1.54) is 4.90 Å². The summed E-state index contributed by atoms with van der Waals surface area (Å²) in [6.45, 7) is 6.36. The lowest BCUT2D eigenvalue weighted by molar-refractivity contribution is -0.131. The van der Waals surface area contributed by atoms with Crippen LogP contribution in [0.3, 0.4) is 0 Å². The first kappa shape index (κ1) is 15.4. The molecule has 1 amide bonds. The number of thioether (sulfide) groups is 1. The summed E-state index contributed by atoms with van der Waals surface area (Å²) in [5, 5.41) is 0. The predicted octanol–water partition coefficient (Wildman–Crippen LogP) is 4.06. The van der Waals surface area contributed by atoms with Crippen LogP contribution in [0.4, 0.5) is 0 Å². The second-order valence-corrected chi connectivity index (χ2v) is 7.09. The van der Waals surface area contributed by atoms with Crippen molar-refractivity contribution in [2.45, 2.75) is 38.0 Å². The molecule has 1 heterocycles. The van der Waals surface area contributed by atoms with Crippen molar-refractivity contribution in [3.05, 3.63) is 30.3 Å². The standard InChI is InChI=1S/C17H25NOS/c1-14-8-9-17(19)18(11-10-14)12-15(2)13-20-16-6-4-3-5-7-16/h3-7,14-15H,8-13H2,1-2H3/t14-,15-/m1/s1. The molecular formula is C17H25NOS. The molecule has 0 spiro atoms. The van der Waals surface area contributed by atoms with Crippen LogP contribution >= 0.6 is 11.8 Å². The maximum atomic E-state index is 12.1. The van der Waals surface area contributed by atoms with E-state index in [4.69, 9.17) is 0 Å². The summed E-state index contributed by atoms with van der Waals surface area (Å²) < 4.78 is 0. The van der Waals surface area contributed by atoms with Crippen molar-refractivity contribution >= 4 is 17.7 Å². The molecule has 110 valence electrons. The maximum Gasteiger partial charge on any atom is 0.222 e. The lowest BCUT2D eigenvalue weighted by Gasteiger charge is -2.24. The number of carbonyl (C=O) groups is 1. The molecule has 1 aromatic rings. The minimum atomic E-state index is 0.353. The molecule has 1 aromatic carbocycles. The maximum absolute atomic E-state index is 12.1. The molecule has 0 bridgehead atoms. The summed E-state index contributed by atoms with van der Waals surface area (Å²) in [4.78, 5) is 15.5. The summed E-state index contributed by atoms with van der Waals surface area (Å²) >= 11 is 1.89. The Morgan fingerprint density at radius 3 is 2.80 bits per heavy atom. The van der Waals surface area contributed by atoms with Crippen molar-refractivity contribution in [1.82, 2.24) is 4.90 Å². The summed E-state index contributed by atoms with van der Waals surface area (Å²) in [6, 6.07) is 10.5. The van der Waals surface area contributed by atoms with Crippen LogP contribution < -0.4 is 0 Å². The third kappa shape index (κ3) is 4.86. The van der Waals surface area contributed by atoms with E-state index >= 15 is 0 Å². The zero-order valence-corrected chi connectivity index (χ0v) is 13.4. The van der Waals surface area contributed by atoms with Gasteiger partial charge in [-0.25, -0.2) is 0 Å². The topological polar surface area (TPSA) is 20.3 Å². The normalized spacial score (nSPS) is 21.6. The summed E-state index contributed by atoms with van der Waals surface area (Å²) in [7, 11) is 0. The van der Waals surface area contributed by atoms with Crippen molar-refractivity contribution in [2.75, 3.05) is 18.8 Å². The number of hydrogen-bond donors (Lipinski definition) is 0. The van der Waals surface area contributed by atoms with E-state index in [1.807, 2.05) is 17.8 Å². The van der Waals surface area contributed by atoms with Crippen molar-refractivity contribution < 1.29 is 4.79 Å². The Bertz CT molecular complexity index is 420. The van der Waals surface area contributed by atoms with Gasteiger partial charge in [0, 0.05) is 30.2 Å². The Morgan fingerprint density at radius 1 is 1.30 bits per heavy atom. The average molecular weight is 291 g/mol. The first-order valence-electron chi connectivity index (χ1n) is 7.60. The fraction of sp³-hybridized carbons (Fsp3) is 0.588. The molecule has 0 unspecified atom stereocenters. The molecule has 3 heteroatoms. The Balaban J connectivity index is 1.78. The zero-order chi connectivity index (χ0) is 14.4. The molecule has 1 aliphatic rings. The molecule has 0 saturated carbocycles. The van der Waals surface area contributed by atoms with Gasteiger partial charge in [-0.3, -0.25) is 4.79 Å². The van der Waals surface area contributed by atoms with Gasteiger partial charge in [-0.1, -0.05) is 32.0 Å². The van der Waals surface area contributed by atoms with Gasteiger partial charge in [-0.05, 0) is 36.8 Å². The highest BCUT2D eigenvalue weighted by Crippen LogP contribution is 2.22. The quantitative estimate of drug-likeness (QED) is 0.762. The second-order valence-electron chi connectivity index (χ2n) is 6.00. The van der Waals surface area contributed by atoms with Crippen LogP contribution in [0.15, 0.2) is 35.2 Å². The minimum absolute atomic E-state index is 0.353. The Morgan fingerprint density at radius 2 is 2.05 bits per heavy atom. The van der Waals surface area contributed by atoms with E-state index in [0.717, 1.165) is 38.1 Å². The number of benzene rings is 1. The predicted molar refractivity (Wildman–Crippen MR) is 85.9 cm³/mol. The Hall–Kier alpha value is -0.960. The SMILES string of the molecule is C[C@@H]1CCC(=O)N(C[C@@H](C)CSc2ccccc2)CC1. The largest absolute Gasteiger partial charge is 0.342 e. The van der Waals surface area contributed by atoms with Crippen LogP contribution in [0.2, 0.25) is 0 Å². The summed E-state index contributed by atoms with van der Waals surface area (Å²) in [6.07, 6.45) is 2.95. The molecule has 1 aliphatic heterocycles. The first-order valence-corrected chi connectivity index (χ1v) is 8.59. The van der Waals surface area contributed by atoms with Crippen molar-refractivity contribution in [3.8, 4) is 0 Å². The molecule has 1 saturated heterocycles. The minimum Gasteiger partial charge on any atom is -0.342 e. The number of amides is 1. The number of hydrogen-bond acceptors (Lipinski definition) is 2. The van der Waals surface area contributed by atoms with E-state index in [0.29, 0.717) is 17.7 Å². The molecule has 0 N–H and O–H groups in total. The van der Waals surface area contributed by atoms with Crippen LogP contribution in [0.1, 0.15) is 33.1 Å². The van der Waals surface area contributed by atoms with Crippen molar-refractivity contribution in [1.29, 1.82) is 0 Å². The average Bonchev–Trinajstić information content (AvgIpc) is 2.62. The van der Waals surface area contributed by atoms with Gasteiger partial charge < -0.3 is 4.90 Å². The molecule has 1 fully saturated rings. The van der Waals surface area contributed by atoms with Crippen LogP contribution in [-0.2, 0) is 4.79 Å². The van der Waals surface area contributed by atoms with E-state index in [1.54, 1.807) is 0 Å². The highest BCUT2D eigenvalue weighted by molar-refractivity contribution is 7.99. The molecule has 20 heavy (non-hydrogen) atoms. The van der Waals surface area contributed by atoms with Crippen LogP contribution in [0.25, 0.3) is 0 Å². The molecule has 2 atom stereocenters. The molecule has 0 radical (unpaired) electrons. The van der Waals surface area contributed by atoms with Gasteiger partial charge >= 0.3 is 0 Å². The zero-order valence-electron chi connectivity index (χ0n) is 12.5. The molecule has 0 aromatic heterocycles. The molecule has 0 aliphatic carbocycles.